The highest BCUT2D eigenvalue weighted by Gasteiger charge is 2.08. The number of hydrogen-bond acceptors (Lipinski definition) is 4. The number of aromatic nitrogens is 2. The Balaban J connectivity index is 2.07. The van der Waals surface area contributed by atoms with E-state index >= 15 is 0 Å². The Hall–Kier alpha value is -2.43. The van der Waals surface area contributed by atoms with Crippen LogP contribution in [0.1, 0.15) is 27.4 Å². The second kappa shape index (κ2) is 6.14. The van der Waals surface area contributed by atoms with Gasteiger partial charge in [-0.3, -0.25) is 9.78 Å². The number of aryl methyl sites for hydroxylation is 2. The lowest BCUT2D eigenvalue weighted by Gasteiger charge is -2.08. The van der Waals surface area contributed by atoms with Crippen LogP contribution in [0.2, 0.25) is 0 Å². The molecule has 2 heterocycles. The van der Waals surface area contributed by atoms with E-state index in [0.29, 0.717) is 17.9 Å². The highest BCUT2D eigenvalue weighted by atomic mass is 16.1. The number of rotatable bonds is 4. The smallest absolute Gasteiger partial charge is 0.251 e. The Kier molecular flexibility index (Phi) is 4.30. The Morgan fingerprint density at radius 2 is 1.95 bits per heavy atom. The molecule has 0 aliphatic heterocycles. The third kappa shape index (κ3) is 3.54. The number of carbonyl (C=O) groups excluding carboxylic acids is 1. The van der Waals surface area contributed by atoms with Gasteiger partial charge in [0.1, 0.15) is 5.82 Å². The van der Waals surface area contributed by atoms with Crippen LogP contribution < -0.4 is 10.6 Å². The molecular formula is C15H18N4O. The van der Waals surface area contributed by atoms with Gasteiger partial charge >= 0.3 is 0 Å². The molecule has 20 heavy (non-hydrogen) atoms. The molecule has 2 aromatic heterocycles. The molecule has 0 saturated heterocycles. The van der Waals surface area contributed by atoms with Crippen LogP contribution in [0.4, 0.5) is 5.82 Å². The fraction of sp³-hybridized carbons (Fsp3) is 0.267. The van der Waals surface area contributed by atoms with Crippen LogP contribution >= 0.6 is 0 Å². The van der Waals surface area contributed by atoms with E-state index in [1.165, 1.54) is 0 Å². The summed E-state index contributed by atoms with van der Waals surface area (Å²) in [6.45, 7) is 4.20. The van der Waals surface area contributed by atoms with Crippen LogP contribution in [0.15, 0.2) is 30.3 Å². The summed E-state index contributed by atoms with van der Waals surface area (Å²) in [5.41, 5.74) is 3.18. The van der Waals surface area contributed by atoms with Crippen molar-refractivity contribution in [1.29, 1.82) is 0 Å². The van der Waals surface area contributed by atoms with Crippen molar-refractivity contribution in [2.24, 2.45) is 0 Å². The van der Waals surface area contributed by atoms with Crippen molar-refractivity contribution < 1.29 is 4.79 Å². The molecule has 0 aliphatic carbocycles. The predicted octanol–water partition coefficient (Wildman–Crippen LogP) is 2.07. The highest BCUT2D eigenvalue weighted by molar-refractivity contribution is 5.94. The molecule has 0 aliphatic rings. The van der Waals surface area contributed by atoms with Gasteiger partial charge in [-0.15, -0.1) is 0 Å². The molecule has 0 atom stereocenters. The minimum Gasteiger partial charge on any atom is -0.373 e. The summed E-state index contributed by atoms with van der Waals surface area (Å²) in [7, 11) is 1.78. The molecule has 0 radical (unpaired) electrons. The van der Waals surface area contributed by atoms with Gasteiger partial charge in [0.15, 0.2) is 0 Å². The number of anilines is 1. The van der Waals surface area contributed by atoms with Gasteiger partial charge in [-0.2, -0.15) is 0 Å². The summed E-state index contributed by atoms with van der Waals surface area (Å²) in [6, 6.07) is 9.24. The molecule has 0 spiro atoms. The first-order valence-corrected chi connectivity index (χ1v) is 6.45. The first-order chi connectivity index (χ1) is 9.58. The molecule has 2 aromatic rings. The van der Waals surface area contributed by atoms with Gasteiger partial charge in [0.05, 0.1) is 12.2 Å². The van der Waals surface area contributed by atoms with E-state index < -0.39 is 0 Å². The lowest BCUT2D eigenvalue weighted by Crippen LogP contribution is -2.23. The molecule has 0 saturated carbocycles. The molecular weight excluding hydrogens is 252 g/mol. The summed E-state index contributed by atoms with van der Waals surface area (Å²) < 4.78 is 0. The Labute approximate surface area is 118 Å². The molecule has 0 unspecified atom stereocenters. The summed E-state index contributed by atoms with van der Waals surface area (Å²) in [6.07, 6.45) is 0. The molecule has 0 fully saturated rings. The third-order valence-corrected chi connectivity index (χ3v) is 2.85. The lowest BCUT2D eigenvalue weighted by atomic mass is 10.2. The number of hydrogen-bond donors (Lipinski definition) is 2. The molecule has 2 N–H and O–H groups in total. The fourth-order valence-corrected chi connectivity index (χ4v) is 1.90. The zero-order valence-electron chi connectivity index (χ0n) is 11.9. The lowest BCUT2D eigenvalue weighted by molar-refractivity contribution is 0.0950. The number of amides is 1. The summed E-state index contributed by atoms with van der Waals surface area (Å²) in [5, 5.41) is 5.80. The van der Waals surface area contributed by atoms with E-state index in [1.54, 1.807) is 19.2 Å². The van der Waals surface area contributed by atoms with Crippen LogP contribution in [-0.2, 0) is 6.54 Å². The minimum absolute atomic E-state index is 0.129. The largest absolute Gasteiger partial charge is 0.373 e. The van der Waals surface area contributed by atoms with Crippen LogP contribution in [0.3, 0.4) is 0 Å². The van der Waals surface area contributed by atoms with Crippen LogP contribution in [-0.4, -0.2) is 22.9 Å². The topological polar surface area (TPSA) is 66.9 Å². The number of carbonyl (C=O) groups is 1. The summed E-state index contributed by atoms with van der Waals surface area (Å²) in [5.74, 6) is 0.555. The van der Waals surface area contributed by atoms with Gasteiger partial charge in [0.2, 0.25) is 0 Å². The van der Waals surface area contributed by atoms with Crippen LogP contribution in [0.25, 0.3) is 0 Å². The number of pyridine rings is 2. The van der Waals surface area contributed by atoms with Gasteiger partial charge in [0.25, 0.3) is 5.91 Å². The normalized spacial score (nSPS) is 10.2. The van der Waals surface area contributed by atoms with Gasteiger partial charge in [0, 0.05) is 24.0 Å². The van der Waals surface area contributed by atoms with Crippen molar-refractivity contribution in [2.75, 3.05) is 12.4 Å². The first-order valence-electron chi connectivity index (χ1n) is 6.45. The standard InChI is InChI=1S/C15H18N4O/c1-10-5-4-6-13(18-10)9-17-15(20)12-7-11(2)19-14(8-12)16-3/h4-8H,9H2,1-3H3,(H,16,19)(H,17,20). The van der Waals surface area contributed by atoms with Gasteiger partial charge in [-0.1, -0.05) is 6.07 Å². The summed E-state index contributed by atoms with van der Waals surface area (Å²) >= 11 is 0. The SMILES string of the molecule is CNc1cc(C(=O)NCc2cccc(C)n2)cc(C)n1. The van der Waals surface area contributed by atoms with Crippen molar-refractivity contribution in [3.63, 3.8) is 0 Å². The number of nitrogens with one attached hydrogen (secondary N) is 2. The number of nitrogens with zero attached hydrogens (tertiary/aromatic N) is 2. The Morgan fingerprint density at radius 1 is 1.15 bits per heavy atom. The molecule has 0 aromatic carbocycles. The van der Waals surface area contributed by atoms with Gasteiger partial charge < -0.3 is 10.6 Å². The van der Waals surface area contributed by atoms with Crippen molar-refractivity contribution >= 4 is 11.7 Å². The van der Waals surface area contributed by atoms with Gasteiger partial charge in [-0.25, -0.2) is 4.98 Å². The van der Waals surface area contributed by atoms with E-state index in [0.717, 1.165) is 17.1 Å². The van der Waals surface area contributed by atoms with E-state index in [-0.39, 0.29) is 5.91 Å². The second-order valence-corrected chi connectivity index (χ2v) is 4.59. The fourth-order valence-electron chi connectivity index (χ4n) is 1.90. The third-order valence-electron chi connectivity index (χ3n) is 2.85. The first kappa shape index (κ1) is 14.0. The maximum absolute atomic E-state index is 12.1. The quantitative estimate of drug-likeness (QED) is 0.892. The zero-order chi connectivity index (χ0) is 14.5. The van der Waals surface area contributed by atoms with Crippen LogP contribution in [0.5, 0.6) is 0 Å². The molecule has 5 heteroatoms. The summed E-state index contributed by atoms with van der Waals surface area (Å²) in [4.78, 5) is 20.7. The molecule has 5 nitrogen and oxygen atoms in total. The van der Waals surface area contributed by atoms with Crippen molar-refractivity contribution in [3.05, 3.63) is 53.0 Å². The van der Waals surface area contributed by atoms with Crippen molar-refractivity contribution in [2.45, 2.75) is 20.4 Å². The Bertz CT molecular complexity index is 625. The molecule has 1 amide bonds. The maximum atomic E-state index is 12.1. The average molecular weight is 270 g/mol. The maximum Gasteiger partial charge on any atom is 0.251 e. The van der Waals surface area contributed by atoms with Crippen molar-refractivity contribution in [1.82, 2.24) is 15.3 Å². The zero-order valence-corrected chi connectivity index (χ0v) is 11.9. The predicted molar refractivity (Wildman–Crippen MR) is 78.7 cm³/mol. The van der Waals surface area contributed by atoms with Gasteiger partial charge in [-0.05, 0) is 38.1 Å². The Morgan fingerprint density at radius 3 is 2.65 bits per heavy atom. The monoisotopic (exact) mass is 270 g/mol. The van der Waals surface area contributed by atoms with Crippen LogP contribution in [0, 0.1) is 13.8 Å². The molecule has 2 rings (SSSR count). The molecule has 0 bridgehead atoms. The van der Waals surface area contributed by atoms with E-state index in [9.17, 15) is 4.79 Å². The van der Waals surface area contributed by atoms with E-state index in [1.807, 2.05) is 32.0 Å². The minimum atomic E-state index is -0.129. The van der Waals surface area contributed by atoms with Crippen molar-refractivity contribution in [3.8, 4) is 0 Å². The highest BCUT2D eigenvalue weighted by Crippen LogP contribution is 2.09. The van der Waals surface area contributed by atoms with E-state index in [4.69, 9.17) is 0 Å². The second-order valence-electron chi connectivity index (χ2n) is 4.59. The molecule has 104 valence electrons. The average Bonchev–Trinajstić information content (AvgIpc) is 2.44. The van der Waals surface area contributed by atoms with E-state index in [2.05, 4.69) is 20.6 Å².